The topological polar surface area (TPSA) is 78.2 Å². The second-order valence-electron chi connectivity index (χ2n) is 6.21. The van der Waals surface area contributed by atoms with Gasteiger partial charge < -0.3 is 10.1 Å². The van der Waals surface area contributed by atoms with Crippen LogP contribution in [-0.2, 0) is 24.6 Å². The van der Waals surface area contributed by atoms with Gasteiger partial charge in [0, 0.05) is 18.6 Å². The molecule has 0 unspecified atom stereocenters. The lowest BCUT2D eigenvalue weighted by Gasteiger charge is -2.25. The predicted molar refractivity (Wildman–Crippen MR) is 91.6 cm³/mol. The zero-order valence-electron chi connectivity index (χ0n) is 14.8. The van der Waals surface area contributed by atoms with Crippen LogP contribution in [-0.4, -0.2) is 32.4 Å². The molecule has 2 aromatic rings. The number of carbonyl (C=O) groups is 1. The number of rotatable bonds is 6. The van der Waals surface area contributed by atoms with E-state index in [1.54, 1.807) is 24.3 Å². The minimum absolute atomic E-state index is 0.0968. The van der Waals surface area contributed by atoms with Crippen molar-refractivity contribution in [2.45, 2.75) is 32.2 Å². The van der Waals surface area contributed by atoms with Crippen molar-refractivity contribution in [2.75, 3.05) is 6.54 Å². The van der Waals surface area contributed by atoms with Gasteiger partial charge in [0.25, 0.3) is 5.91 Å². The fraction of sp³-hybridized carbons (Fsp3) is 0.438. The molecule has 0 aliphatic carbocycles. The highest BCUT2D eigenvalue weighted by atomic mass is 35.5. The van der Waals surface area contributed by atoms with Crippen LogP contribution in [0.3, 0.4) is 0 Å². The summed E-state index contributed by atoms with van der Waals surface area (Å²) in [5.74, 6) is -1.38. The third kappa shape index (κ3) is 5.03. The van der Waals surface area contributed by atoms with Gasteiger partial charge in [-0.25, -0.2) is 9.48 Å². The van der Waals surface area contributed by atoms with E-state index in [-0.39, 0.29) is 13.1 Å². The van der Waals surface area contributed by atoms with E-state index in [9.17, 15) is 22.8 Å². The van der Waals surface area contributed by atoms with Crippen LogP contribution in [0.25, 0.3) is 0 Å². The molecule has 0 spiro atoms. The molecule has 0 bridgehead atoms. The van der Waals surface area contributed by atoms with Crippen molar-refractivity contribution in [3.8, 4) is 5.75 Å². The van der Waals surface area contributed by atoms with E-state index in [0.29, 0.717) is 20.0 Å². The molecule has 0 saturated carbocycles. The zero-order chi connectivity index (χ0) is 20.4. The maximum Gasteiger partial charge on any atom is 0.451 e. The largest absolute Gasteiger partial charge is 0.478 e. The molecular weight excluding hydrogens is 389 g/mol. The summed E-state index contributed by atoms with van der Waals surface area (Å²) in [5.41, 5.74) is -2.17. The van der Waals surface area contributed by atoms with Crippen LogP contribution < -0.4 is 15.7 Å². The van der Waals surface area contributed by atoms with Crippen LogP contribution in [0.5, 0.6) is 5.75 Å². The number of nitrogens with zero attached hydrogens (tertiary/aromatic N) is 3. The number of carbonyl (C=O) groups excluding carboxylic acids is 1. The SMILES string of the molecule is Cn1c(C(F)(F)F)nn(CCNC(=O)C(C)(C)Oc2ccc(Cl)cc2)c1=O. The highest BCUT2D eigenvalue weighted by Crippen LogP contribution is 2.26. The normalized spacial score (nSPS) is 12.1. The Morgan fingerprint density at radius 3 is 2.37 bits per heavy atom. The van der Waals surface area contributed by atoms with Crippen molar-refractivity contribution >= 4 is 17.5 Å². The number of nitrogens with one attached hydrogen (secondary N) is 1. The summed E-state index contributed by atoms with van der Waals surface area (Å²) in [4.78, 5) is 24.1. The van der Waals surface area contributed by atoms with E-state index in [2.05, 4.69) is 10.4 Å². The first kappa shape index (κ1) is 20.8. The van der Waals surface area contributed by atoms with E-state index in [1.165, 1.54) is 13.8 Å². The molecule has 1 amide bonds. The minimum atomic E-state index is -4.74. The van der Waals surface area contributed by atoms with Gasteiger partial charge in [0.1, 0.15) is 5.75 Å². The Morgan fingerprint density at radius 2 is 1.85 bits per heavy atom. The van der Waals surface area contributed by atoms with Crippen molar-refractivity contribution in [1.82, 2.24) is 19.7 Å². The highest BCUT2D eigenvalue weighted by molar-refractivity contribution is 6.30. The second kappa shape index (κ2) is 7.63. The maximum absolute atomic E-state index is 12.8. The van der Waals surface area contributed by atoms with Crippen molar-refractivity contribution in [2.24, 2.45) is 7.05 Å². The van der Waals surface area contributed by atoms with E-state index >= 15 is 0 Å². The van der Waals surface area contributed by atoms with Crippen molar-refractivity contribution in [1.29, 1.82) is 0 Å². The summed E-state index contributed by atoms with van der Waals surface area (Å²) < 4.78 is 44.9. The summed E-state index contributed by atoms with van der Waals surface area (Å²) in [6, 6.07) is 6.42. The van der Waals surface area contributed by atoms with Crippen LogP contribution in [0, 0.1) is 0 Å². The first-order chi connectivity index (χ1) is 12.4. The van der Waals surface area contributed by atoms with Crippen LogP contribution in [0.4, 0.5) is 13.2 Å². The van der Waals surface area contributed by atoms with Gasteiger partial charge in [0.15, 0.2) is 5.60 Å². The molecule has 2 rings (SSSR count). The Morgan fingerprint density at radius 1 is 1.26 bits per heavy atom. The standard InChI is InChI=1S/C16H18ClF3N4O3/c1-15(2,27-11-6-4-10(17)5-7-11)13(25)21-8-9-24-14(26)23(3)12(22-24)16(18,19)20/h4-7H,8-9H2,1-3H3,(H,21,25). The van der Waals surface area contributed by atoms with Crippen molar-refractivity contribution in [3.63, 3.8) is 0 Å². The molecule has 1 aromatic heterocycles. The lowest BCUT2D eigenvalue weighted by Crippen LogP contribution is -2.47. The summed E-state index contributed by atoms with van der Waals surface area (Å²) >= 11 is 5.79. The fourth-order valence-electron chi connectivity index (χ4n) is 2.21. The Hall–Kier alpha value is -2.49. The molecule has 7 nitrogen and oxygen atoms in total. The van der Waals surface area contributed by atoms with Gasteiger partial charge in [-0.2, -0.15) is 13.2 Å². The van der Waals surface area contributed by atoms with Gasteiger partial charge >= 0.3 is 11.9 Å². The summed E-state index contributed by atoms with van der Waals surface area (Å²) in [5, 5.41) is 6.30. The van der Waals surface area contributed by atoms with E-state index in [4.69, 9.17) is 16.3 Å². The van der Waals surface area contributed by atoms with E-state index < -0.39 is 29.2 Å². The van der Waals surface area contributed by atoms with Gasteiger partial charge in [-0.3, -0.25) is 9.36 Å². The highest BCUT2D eigenvalue weighted by Gasteiger charge is 2.38. The second-order valence-corrected chi connectivity index (χ2v) is 6.64. The molecule has 0 aliphatic rings. The average molecular weight is 407 g/mol. The molecule has 0 atom stereocenters. The zero-order valence-corrected chi connectivity index (χ0v) is 15.6. The molecule has 0 fully saturated rings. The third-order valence-electron chi connectivity index (χ3n) is 3.64. The summed E-state index contributed by atoms with van der Waals surface area (Å²) in [7, 11) is 0.982. The lowest BCUT2D eigenvalue weighted by atomic mass is 10.1. The fourth-order valence-corrected chi connectivity index (χ4v) is 2.34. The average Bonchev–Trinajstić information content (AvgIpc) is 2.85. The predicted octanol–water partition coefficient (Wildman–Crippen LogP) is 2.23. The quantitative estimate of drug-likeness (QED) is 0.798. The van der Waals surface area contributed by atoms with Crippen molar-refractivity contribution in [3.05, 3.63) is 45.6 Å². The molecule has 27 heavy (non-hydrogen) atoms. The first-order valence-electron chi connectivity index (χ1n) is 7.86. The Kier molecular flexibility index (Phi) is 5.88. The van der Waals surface area contributed by atoms with Crippen molar-refractivity contribution < 1.29 is 22.7 Å². The lowest BCUT2D eigenvalue weighted by molar-refractivity contribution is -0.147. The molecule has 1 N–H and O–H groups in total. The molecule has 0 radical (unpaired) electrons. The van der Waals surface area contributed by atoms with E-state index in [0.717, 1.165) is 7.05 Å². The maximum atomic E-state index is 12.8. The third-order valence-corrected chi connectivity index (χ3v) is 3.89. The van der Waals surface area contributed by atoms with Gasteiger partial charge in [-0.1, -0.05) is 11.6 Å². The first-order valence-corrected chi connectivity index (χ1v) is 8.23. The monoisotopic (exact) mass is 406 g/mol. The van der Waals surface area contributed by atoms with Crippen LogP contribution in [0.2, 0.25) is 5.02 Å². The van der Waals surface area contributed by atoms with Crippen LogP contribution >= 0.6 is 11.6 Å². The van der Waals surface area contributed by atoms with Crippen LogP contribution in [0.15, 0.2) is 29.1 Å². The molecule has 148 valence electrons. The summed E-state index contributed by atoms with van der Waals surface area (Å²) in [6.07, 6.45) is -4.74. The Labute approximate surface area is 157 Å². The molecule has 1 heterocycles. The van der Waals surface area contributed by atoms with Gasteiger partial charge in [-0.15, -0.1) is 5.10 Å². The van der Waals surface area contributed by atoms with Gasteiger partial charge in [0.05, 0.1) is 6.54 Å². The Balaban J connectivity index is 1.97. The van der Waals surface area contributed by atoms with E-state index in [1.807, 2.05) is 0 Å². The van der Waals surface area contributed by atoms with Gasteiger partial charge in [-0.05, 0) is 38.1 Å². The number of ether oxygens (including phenoxy) is 1. The molecule has 0 aliphatic heterocycles. The molecule has 1 aromatic carbocycles. The van der Waals surface area contributed by atoms with Gasteiger partial charge in [0.2, 0.25) is 5.82 Å². The smallest absolute Gasteiger partial charge is 0.451 e. The molecular formula is C16H18ClF3N4O3. The minimum Gasteiger partial charge on any atom is -0.478 e. The number of hydrogen-bond donors (Lipinski definition) is 1. The number of amides is 1. The number of benzene rings is 1. The Bertz CT molecular complexity index is 873. The number of aromatic nitrogens is 3. The number of alkyl halides is 3. The number of hydrogen-bond acceptors (Lipinski definition) is 4. The molecule has 0 saturated heterocycles. The van der Waals surface area contributed by atoms with Crippen LogP contribution in [0.1, 0.15) is 19.7 Å². The summed E-state index contributed by atoms with van der Waals surface area (Å²) in [6.45, 7) is 2.75. The number of halogens is 4. The molecule has 11 heteroatoms.